The first-order valence-electron chi connectivity index (χ1n) is 7.24. The monoisotopic (exact) mass is 270 g/mol. The zero-order chi connectivity index (χ0) is 14.2. The van der Waals surface area contributed by atoms with Gasteiger partial charge in [0.05, 0.1) is 0 Å². The minimum Gasteiger partial charge on any atom is -0.354 e. The molecule has 0 spiro atoms. The Morgan fingerprint density at radius 1 is 1.10 bits per heavy atom. The standard InChI is InChI=1S/C17H22N2O/c1-2-15-7-3-4-8-16(15)9-10-17(20)18-11-14-19-12-5-6-13-19/h3-8,12-13H,2,9-11,14H2,1H3,(H,18,20). The van der Waals surface area contributed by atoms with Crippen LogP contribution in [0.5, 0.6) is 0 Å². The van der Waals surface area contributed by atoms with E-state index in [2.05, 4.69) is 35.0 Å². The molecule has 0 saturated carbocycles. The molecule has 0 radical (unpaired) electrons. The highest BCUT2D eigenvalue weighted by molar-refractivity contribution is 5.76. The SMILES string of the molecule is CCc1ccccc1CCC(=O)NCCn1cccc1. The molecule has 0 aliphatic heterocycles. The van der Waals surface area contributed by atoms with E-state index < -0.39 is 0 Å². The number of benzene rings is 1. The molecule has 1 N–H and O–H groups in total. The number of rotatable bonds is 7. The topological polar surface area (TPSA) is 34.0 Å². The molecule has 0 bridgehead atoms. The average molecular weight is 270 g/mol. The number of carbonyl (C=O) groups is 1. The van der Waals surface area contributed by atoms with Gasteiger partial charge in [-0.3, -0.25) is 4.79 Å². The lowest BCUT2D eigenvalue weighted by molar-refractivity contribution is -0.121. The lowest BCUT2D eigenvalue weighted by atomic mass is 10.0. The number of nitrogens with zero attached hydrogens (tertiary/aromatic N) is 1. The number of amides is 1. The van der Waals surface area contributed by atoms with Crippen LogP contribution in [-0.4, -0.2) is 17.0 Å². The second kappa shape index (κ2) is 7.53. The fraction of sp³-hybridized carbons (Fsp3) is 0.353. The summed E-state index contributed by atoms with van der Waals surface area (Å²) in [6.07, 6.45) is 6.40. The second-order valence-electron chi connectivity index (χ2n) is 4.89. The number of aryl methyl sites for hydroxylation is 2. The van der Waals surface area contributed by atoms with E-state index in [0.717, 1.165) is 19.4 Å². The van der Waals surface area contributed by atoms with Gasteiger partial charge in [-0.25, -0.2) is 0 Å². The van der Waals surface area contributed by atoms with Gasteiger partial charge in [-0.1, -0.05) is 31.2 Å². The number of aromatic nitrogens is 1. The molecule has 0 aliphatic carbocycles. The van der Waals surface area contributed by atoms with Crippen molar-refractivity contribution in [1.29, 1.82) is 0 Å². The van der Waals surface area contributed by atoms with Gasteiger partial charge in [0.15, 0.2) is 0 Å². The summed E-state index contributed by atoms with van der Waals surface area (Å²) in [6.45, 7) is 3.66. The van der Waals surface area contributed by atoms with E-state index in [4.69, 9.17) is 0 Å². The summed E-state index contributed by atoms with van der Waals surface area (Å²) in [7, 11) is 0. The third-order valence-electron chi connectivity index (χ3n) is 3.48. The summed E-state index contributed by atoms with van der Waals surface area (Å²) in [6, 6.07) is 12.3. The molecular weight excluding hydrogens is 248 g/mol. The molecule has 106 valence electrons. The molecule has 0 unspecified atom stereocenters. The van der Waals surface area contributed by atoms with Gasteiger partial charge in [-0.05, 0) is 36.1 Å². The Balaban J connectivity index is 1.72. The molecule has 2 aromatic rings. The Hall–Kier alpha value is -2.03. The van der Waals surface area contributed by atoms with Crippen LogP contribution in [0.1, 0.15) is 24.5 Å². The summed E-state index contributed by atoms with van der Waals surface area (Å²) >= 11 is 0. The minimum absolute atomic E-state index is 0.128. The van der Waals surface area contributed by atoms with Gasteiger partial charge in [0.25, 0.3) is 0 Å². The van der Waals surface area contributed by atoms with E-state index in [1.54, 1.807) is 0 Å². The Kier molecular flexibility index (Phi) is 5.42. The first-order chi connectivity index (χ1) is 9.79. The highest BCUT2D eigenvalue weighted by atomic mass is 16.1. The molecule has 0 saturated heterocycles. The predicted molar refractivity (Wildman–Crippen MR) is 81.6 cm³/mol. The molecule has 0 aliphatic rings. The number of carbonyl (C=O) groups excluding carboxylic acids is 1. The van der Waals surface area contributed by atoms with Crippen LogP contribution in [0.15, 0.2) is 48.8 Å². The van der Waals surface area contributed by atoms with Crippen LogP contribution >= 0.6 is 0 Å². The van der Waals surface area contributed by atoms with Crippen LogP contribution in [0.3, 0.4) is 0 Å². The zero-order valence-corrected chi connectivity index (χ0v) is 12.0. The minimum atomic E-state index is 0.128. The van der Waals surface area contributed by atoms with Crippen LogP contribution in [0.4, 0.5) is 0 Å². The number of nitrogens with one attached hydrogen (secondary N) is 1. The molecule has 3 heteroatoms. The van der Waals surface area contributed by atoms with E-state index in [1.165, 1.54) is 11.1 Å². The van der Waals surface area contributed by atoms with E-state index in [0.29, 0.717) is 13.0 Å². The van der Waals surface area contributed by atoms with Crippen LogP contribution in [0.25, 0.3) is 0 Å². The highest BCUT2D eigenvalue weighted by Gasteiger charge is 2.04. The van der Waals surface area contributed by atoms with E-state index in [9.17, 15) is 4.79 Å². The first-order valence-corrected chi connectivity index (χ1v) is 7.24. The fourth-order valence-electron chi connectivity index (χ4n) is 2.33. The van der Waals surface area contributed by atoms with Crippen LogP contribution in [-0.2, 0) is 24.2 Å². The van der Waals surface area contributed by atoms with E-state index in [-0.39, 0.29) is 5.91 Å². The quantitative estimate of drug-likeness (QED) is 0.824. The largest absolute Gasteiger partial charge is 0.354 e. The third kappa shape index (κ3) is 4.26. The van der Waals surface area contributed by atoms with Crippen LogP contribution < -0.4 is 5.32 Å². The molecule has 0 fully saturated rings. The predicted octanol–water partition coefficient (Wildman–Crippen LogP) is 2.80. The molecule has 1 aromatic heterocycles. The van der Waals surface area contributed by atoms with E-state index >= 15 is 0 Å². The Bertz CT molecular complexity index is 532. The van der Waals surface area contributed by atoms with Gasteiger partial charge in [0.2, 0.25) is 5.91 Å². The summed E-state index contributed by atoms with van der Waals surface area (Å²) in [4.78, 5) is 11.8. The van der Waals surface area contributed by atoms with Crippen molar-refractivity contribution in [2.45, 2.75) is 32.7 Å². The molecular formula is C17H22N2O. The van der Waals surface area contributed by atoms with E-state index in [1.807, 2.05) is 30.6 Å². The van der Waals surface area contributed by atoms with Gasteiger partial charge in [0.1, 0.15) is 0 Å². The summed E-state index contributed by atoms with van der Waals surface area (Å²) in [5.41, 5.74) is 2.63. The van der Waals surface area contributed by atoms with Gasteiger partial charge in [-0.15, -0.1) is 0 Å². The van der Waals surface area contributed by atoms with Crippen molar-refractivity contribution in [2.75, 3.05) is 6.54 Å². The van der Waals surface area contributed by atoms with Crippen molar-refractivity contribution in [1.82, 2.24) is 9.88 Å². The lowest BCUT2D eigenvalue weighted by Gasteiger charge is -2.08. The maximum Gasteiger partial charge on any atom is 0.220 e. The number of hydrogen-bond donors (Lipinski definition) is 1. The second-order valence-corrected chi connectivity index (χ2v) is 4.89. The molecule has 3 nitrogen and oxygen atoms in total. The normalized spacial score (nSPS) is 10.4. The maximum atomic E-state index is 11.8. The van der Waals surface area contributed by atoms with Gasteiger partial charge in [0, 0.05) is 31.9 Å². The molecule has 20 heavy (non-hydrogen) atoms. The van der Waals surface area contributed by atoms with Gasteiger partial charge < -0.3 is 9.88 Å². The van der Waals surface area contributed by atoms with Crippen molar-refractivity contribution >= 4 is 5.91 Å². The lowest BCUT2D eigenvalue weighted by Crippen LogP contribution is -2.27. The van der Waals surface area contributed by atoms with Crippen molar-refractivity contribution in [3.63, 3.8) is 0 Å². The van der Waals surface area contributed by atoms with Crippen LogP contribution in [0.2, 0.25) is 0 Å². The maximum absolute atomic E-state index is 11.8. The Labute approximate surface area is 120 Å². The molecule has 0 atom stereocenters. The zero-order valence-electron chi connectivity index (χ0n) is 12.0. The third-order valence-corrected chi connectivity index (χ3v) is 3.48. The molecule has 1 aromatic carbocycles. The Morgan fingerprint density at radius 3 is 2.50 bits per heavy atom. The smallest absolute Gasteiger partial charge is 0.220 e. The molecule has 1 heterocycles. The fourth-order valence-corrected chi connectivity index (χ4v) is 2.33. The van der Waals surface area contributed by atoms with Crippen molar-refractivity contribution < 1.29 is 4.79 Å². The van der Waals surface area contributed by atoms with Gasteiger partial charge in [-0.2, -0.15) is 0 Å². The summed E-state index contributed by atoms with van der Waals surface area (Å²) in [5.74, 6) is 0.128. The first kappa shape index (κ1) is 14.4. The molecule has 1 amide bonds. The summed E-state index contributed by atoms with van der Waals surface area (Å²) in [5, 5.41) is 2.97. The number of hydrogen-bond acceptors (Lipinski definition) is 1. The van der Waals surface area contributed by atoms with Crippen LogP contribution in [0, 0.1) is 0 Å². The van der Waals surface area contributed by atoms with Gasteiger partial charge >= 0.3 is 0 Å². The molecule has 2 rings (SSSR count). The summed E-state index contributed by atoms with van der Waals surface area (Å²) < 4.78 is 2.06. The Morgan fingerprint density at radius 2 is 1.80 bits per heavy atom. The van der Waals surface area contributed by atoms with Crippen molar-refractivity contribution in [3.8, 4) is 0 Å². The van der Waals surface area contributed by atoms with Crippen molar-refractivity contribution in [2.24, 2.45) is 0 Å². The average Bonchev–Trinajstić information content (AvgIpc) is 2.98. The highest BCUT2D eigenvalue weighted by Crippen LogP contribution is 2.11. The van der Waals surface area contributed by atoms with Crippen molar-refractivity contribution in [3.05, 3.63) is 59.9 Å².